The van der Waals surface area contributed by atoms with Gasteiger partial charge in [0.1, 0.15) is 17.6 Å². The molecule has 1 N–H and O–H groups in total. The molecule has 0 spiro atoms. The maximum absolute atomic E-state index is 12.7. The second-order valence-electron chi connectivity index (χ2n) is 5.98. The molecule has 27 heavy (non-hydrogen) atoms. The van der Waals surface area contributed by atoms with E-state index in [4.69, 9.17) is 32.4 Å². The van der Waals surface area contributed by atoms with Crippen LogP contribution in [-0.2, 0) is 14.3 Å². The van der Waals surface area contributed by atoms with Gasteiger partial charge >= 0.3 is 0 Å². The van der Waals surface area contributed by atoms with Gasteiger partial charge in [0.15, 0.2) is 0 Å². The van der Waals surface area contributed by atoms with E-state index in [0.717, 1.165) is 0 Å². The predicted molar refractivity (Wildman–Crippen MR) is 101 cm³/mol. The molecule has 1 atom stereocenters. The quantitative estimate of drug-likeness (QED) is 0.337. The number of hydrogen-bond donors (Lipinski definition) is 1. The molecule has 6 nitrogen and oxygen atoms in total. The van der Waals surface area contributed by atoms with Gasteiger partial charge < -0.3 is 19.2 Å². The van der Waals surface area contributed by atoms with E-state index >= 15 is 0 Å². The molecule has 0 aliphatic carbocycles. The number of nitrogens with zero attached hydrogens (tertiary/aromatic N) is 1. The Morgan fingerprint density at radius 1 is 1.26 bits per heavy atom. The second kappa shape index (κ2) is 8.17. The number of ketones is 1. The molecule has 1 aromatic heterocycles. The number of halogens is 2. The Morgan fingerprint density at radius 3 is 2.67 bits per heavy atom. The monoisotopic (exact) mass is 409 g/mol. The van der Waals surface area contributed by atoms with E-state index in [0.29, 0.717) is 23.8 Å². The molecule has 8 heteroatoms. The molecule has 1 aliphatic heterocycles. The number of rotatable bonds is 6. The molecule has 0 bridgehead atoms. The molecule has 142 valence electrons. The minimum absolute atomic E-state index is 0.0502. The first-order chi connectivity index (χ1) is 13.0. The van der Waals surface area contributed by atoms with Crippen LogP contribution in [0.5, 0.6) is 0 Å². The lowest BCUT2D eigenvalue weighted by Gasteiger charge is -2.23. The van der Waals surface area contributed by atoms with Crippen molar-refractivity contribution in [2.24, 2.45) is 0 Å². The highest BCUT2D eigenvalue weighted by Crippen LogP contribution is 2.40. The highest BCUT2D eigenvalue weighted by Gasteiger charge is 2.47. The smallest absolute Gasteiger partial charge is 0.295 e. The number of ether oxygens (including phenoxy) is 1. The number of benzene rings is 1. The normalized spacial score (nSPS) is 19.1. The van der Waals surface area contributed by atoms with Crippen LogP contribution in [0.4, 0.5) is 0 Å². The van der Waals surface area contributed by atoms with Crippen LogP contribution in [-0.4, -0.2) is 42.0 Å². The summed E-state index contributed by atoms with van der Waals surface area (Å²) in [6.45, 7) is 0.711. The lowest BCUT2D eigenvalue weighted by molar-refractivity contribution is -0.140. The molecule has 2 aromatic rings. The third kappa shape index (κ3) is 3.74. The van der Waals surface area contributed by atoms with E-state index in [-0.39, 0.29) is 28.5 Å². The summed E-state index contributed by atoms with van der Waals surface area (Å²) >= 11 is 11.9. The van der Waals surface area contributed by atoms with Crippen molar-refractivity contribution in [2.75, 3.05) is 20.3 Å². The zero-order valence-electron chi connectivity index (χ0n) is 14.4. The largest absolute Gasteiger partial charge is 0.507 e. The number of likely N-dealkylation sites (tertiary alicyclic amines) is 1. The molecule has 3 rings (SSSR count). The van der Waals surface area contributed by atoms with Gasteiger partial charge in [0, 0.05) is 25.8 Å². The van der Waals surface area contributed by atoms with Crippen molar-refractivity contribution in [3.05, 3.63) is 63.5 Å². The van der Waals surface area contributed by atoms with Crippen molar-refractivity contribution in [1.29, 1.82) is 0 Å². The van der Waals surface area contributed by atoms with Gasteiger partial charge in [-0.3, -0.25) is 9.59 Å². The molecule has 1 saturated heterocycles. The lowest BCUT2D eigenvalue weighted by Crippen LogP contribution is -2.31. The number of aliphatic hydroxyl groups excluding tert-OH is 1. The maximum atomic E-state index is 12.7. The summed E-state index contributed by atoms with van der Waals surface area (Å²) in [5, 5.41) is 11.3. The number of Topliss-reactive ketones (excluding diaryl/α,β-unsaturated/α-hetero) is 1. The zero-order chi connectivity index (χ0) is 19.6. The Hall–Kier alpha value is -2.28. The summed E-state index contributed by atoms with van der Waals surface area (Å²) in [7, 11) is 1.56. The summed E-state index contributed by atoms with van der Waals surface area (Å²) in [5.41, 5.74) is 0.238. The van der Waals surface area contributed by atoms with Crippen LogP contribution in [0.1, 0.15) is 23.8 Å². The van der Waals surface area contributed by atoms with Gasteiger partial charge in [0.25, 0.3) is 11.7 Å². The summed E-state index contributed by atoms with van der Waals surface area (Å²) < 4.78 is 10.5. The van der Waals surface area contributed by atoms with Crippen LogP contribution < -0.4 is 0 Å². The molecule has 1 amide bonds. The van der Waals surface area contributed by atoms with E-state index in [1.807, 2.05) is 0 Å². The van der Waals surface area contributed by atoms with Gasteiger partial charge in [0.05, 0.1) is 21.9 Å². The van der Waals surface area contributed by atoms with Crippen molar-refractivity contribution in [1.82, 2.24) is 4.90 Å². The number of aliphatic hydroxyl groups is 1. The average molecular weight is 410 g/mol. The second-order valence-corrected chi connectivity index (χ2v) is 6.80. The van der Waals surface area contributed by atoms with Crippen molar-refractivity contribution in [3.63, 3.8) is 0 Å². The van der Waals surface area contributed by atoms with Crippen LogP contribution in [0, 0.1) is 0 Å². The summed E-state index contributed by atoms with van der Waals surface area (Å²) in [6, 6.07) is 6.96. The van der Waals surface area contributed by atoms with Gasteiger partial charge in [-0.25, -0.2) is 0 Å². The Bertz CT molecular complexity index is 892. The Kier molecular flexibility index (Phi) is 5.89. The van der Waals surface area contributed by atoms with E-state index in [1.165, 1.54) is 29.4 Å². The maximum Gasteiger partial charge on any atom is 0.295 e. The first-order valence-corrected chi connectivity index (χ1v) is 8.97. The van der Waals surface area contributed by atoms with Crippen molar-refractivity contribution in [2.45, 2.75) is 12.5 Å². The molecular weight excluding hydrogens is 393 g/mol. The van der Waals surface area contributed by atoms with Gasteiger partial charge in [-0.15, -0.1) is 0 Å². The average Bonchev–Trinajstić information content (AvgIpc) is 3.26. The molecule has 2 heterocycles. The van der Waals surface area contributed by atoms with Crippen LogP contribution >= 0.6 is 23.2 Å². The Morgan fingerprint density at radius 2 is 2.04 bits per heavy atom. The summed E-state index contributed by atoms with van der Waals surface area (Å²) in [6.07, 6.45) is 1.98. The lowest BCUT2D eigenvalue weighted by atomic mass is 9.99. The summed E-state index contributed by atoms with van der Waals surface area (Å²) in [5.74, 6) is -1.43. The first-order valence-electron chi connectivity index (χ1n) is 8.22. The molecule has 1 unspecified atom stereocenters. The van der Waals surface area contributed by atoms with Crippen LogP contribution in [0.25, 0.3) is 5.76 Å². The van der Waals surface area contributed by atoms with E-state index in [9.17, 15) is 14.7 Å². The fraction of sp³-hybridized carbons (Fsp3) is 0.263. The Balaban J connectivity index is 2.09. The van der Waals surface area contributed by atoms with E-state index < -0.39 is 17.7 Å². The topological polar surface area (TPSA) is 80.0 Å². The Labute approximate surface area is 165 Å². The standard InChI is InChI=1S/C19H17Cl2NO5/c1-26-8-3-7-22-16(14-4-2-9-27-14)15(18(24)19(22)25)17(23)11-5-6-12(20)13(21)10-11/h2,4-6,9-10,16,23H,3,7-8H2,1H3/b17-15-. The third-order valence-corrected chi connectivity index (χ3v) is 5.03. The van der Waals surface area contributed by atoms with Gasteiger partial charge in [-0.1, -0.05) is 23.2 Å². The number of amides is 1. The van der Waals surface area contributed by atoms with Crippen LogP contribution in [0.2, 0.25) is 10.0 Å². The highest BCUT2D eigenvalue weighted by molar-refractivity contribution is 6.46. The number of hydrogen-bond acceptors (Lipinski definition) is 5. The van der Waals surface area contributed by atoms with Crippen molar-refractivity contribution < 1.29 is 23.8 Å². The molecule has 1 aliphatic rings. The van der Waals surface area contributed by atoms with Gasteiger partial charge in [-0.2, -0.15) is 0 Å². The minimum Gasteiger partial charge on any atom is -0.507 e. The summed E-state index contributed by atoms with van der Waals surface area (Å²) in [4.78, 5) is 26.6. The minimum atomic E-state index is -0.827. The van der Waals surface area contributed by atoms with Crippen molar-refractivity contribution >= 4 is 40.7 Å². The fourth-order valence-corrected chi connectivity index (χ4v) is 3.33. The number of carbonyl (C=O) groups excluding carboxylic acids is 2. The predicted octanol–water partition coefficient (Wildman–Crippen LogP) is 4.04. The van der Waals surface area contributed by atoms with Gasteiger partial charge in [0.2, 0.25) is 0 Å². The zero-order valence-corrected chi connectivity index (χ0v) is 16.0. The van der Waals surface area contributed by atoms with Crippen LogP contribution in [0.15, 0.2) is 46.6 Å². The number of carbonyl (C=O) groups is 2. The molecule has 0 radical (unpaired) electrons. The number of furan rings is 1. The SMILES string of the molecule is COCCCN1C(=O)C(=O)/C(=C(\O)c2ccc(Cl)c(Cl)c2)C1c1ccco1. The first kappa shape index (κ1) is 19.5. The third-order valence-electron chi connectivity index (χ3n) is 4.29. The molecular formula is C19H17Cl2NO5. The van der Waals surface area contributed by atoms with Gasteiger partial charge in [-0.05, 0) is 36.8 Å². The molecule has 1 aromatic carbocycles. The molecule has 1 fully saturated rings. The van der Waals surface area contributed by atoms with Crippen LogP contribution in [0.3, 0.4) is 0 Å². The van der Waals surface area contributed by atoms with E-state index in [1.54, 1.807) is 19.2 Å². The van der Waals surface area contributed by atoms with E-state index in [2.05, 4.69) is 0 Å². The highest BCUT2D eigenvalue weighted by atomic mass is 35.5. The number of methoxy groups -OCH3 is 1. The molecule has 0 saturated carbocycles. The van der Waals surface area contributed by atoms with Crippen molar-refractivity contribution in [3.8, 4) is 0 Å². The fourth-order valence-electron chi connectivity index (χ4n) is 3.03.